The monoisotopic (exact) mass is 285 g/mol. The van der Waals surface area contributed by atoms with Gasteiger partial charge >= 0.3 is 12.0 Å². The number of carboxylic acid groups (broad SMARTS) is 1. The number of rotatable bonds is 7. The number of urea groups is 1. The molecule has 2 N–H and O–H groups in total. The van der Waals surface area contributed by atoms with Crippen LogP contribution in [0.4, 0.5) is 4.79 Å². The molecule has 0 aromatic heterocycles. The summed E-state index contributed by atoms with van der Waals surface area (Å²) < 4.78 is 0. The molecule has 0 radical (unpaired) electrons. The molecule has 1 aliphatic heterocycles. The average Bonchev–Trinajstić information content (AvgIpc) is 2.45. The van der Waals surface area contributed by atoms with Gasteiger partial charge in [-0.15, -0.1) is 0 Å². The van der Waals surface area contributed by atoms with Crippen molar-refractivity contribution in [1.29, 1.82) is 0 Å². The quantitative estimate of drug-likeness (QED) is 0.738. The van der Waals surface area contributed by atoms with Crippen LogP contribution in [-0.2, 0) is 4.79 Å². The molecule has 0 atom stereocenters. The third-order valence-corrected chi connectivity index (χ3v) is 3.98. The molecular formula is C14H27N3O3. The van der Waals surface area contributed by atoms with Crippen molar-refractivity contribution in [2.75, 3.05) is 39.8 Å². The van der Waals surface area contributed by atoms with Crippen molar-refractivity contribution in [3.63, 3.8) is 0 Å². The summed E-state index contributed by atoms with van der Waals surface area (Å²) in [6.45, 7) is 6.06. The van der Waals surface area contributed by atoms with Crippen LogP contribution in [-0.4, -0.2) is 66.7 Å². The summed E-state index contributed by atoms with van der Waals surface area (Å²) in [5.41, 5.74) is 0. The fraction of sp³-hybridized carbons (Fsp3) is 0.857. The number of aliphatic carboxylic acids is 1. The zero-order chi connectivity index (χ0) is 15.0. The maximum Gasteiger partial charge on any atom is 0.317 e. The molecule has 0 aromatic rings. The lowest BCUT2D eigenvalue weighted by atomic mass is 9.92. The molecule has 0 bridgehead atoms. The largest absolute Gasteiger partial charge is 0.481 e. The SMILES string of the molecule is CCN(C)CCNC(=O)N1CCC(CCC(=O)O)CC1. The summed E-state index contributed by atoms with van der Waals surface area (Å²) >= 11 is 0. The Balaban J connectivity index is 2.17. The molecule has 1 rings (SSSR count). The third-order valence-electron chi connectivity index (χ3n) is 3.98. The van der Waals surface area contributed by atoms with E-state index >= 15 is 0 Å². The lowest BCUT2D eigenvalue weighted by Gasteiger charge is -2.32. The average molecular weight is 285 g/mol. The molecule has 6 heteroatoms. The first-order valence-electron chi connectivity index (χ1n) is 7.46. The highest BCUT2D eigenvalue weighted by atomic mass is 16.4. The molecule has 0 spiro atoms. The number of carboxylic acids is 1. The highest BCUT2D eigenvalue weighted by molar-refractivity contribution is 5.74. The van der Waals surface area contributed by atoms with E-state index in [4.69, 9.17) is 5.11 Å². The Morgan fingerprint density at radius 2 is 2.00 bits per heavy atom. The van der Waals surface area contributed by atoms with Gasteiger partial charge in [-0.3, -0.25) is 4.79 Å². The molecule has 0 unspecified atom stereocenters. The highest BCUT2D eigenvalue weighted by Gasteiger charge is 2.22. The molecule has 1 aliphatic rings. The number of carbonyl (C=O) groups excluding carboxylic acids is 1. The predicted octanol–water partition coefficient (Wildman–Crippen LogP) is 1.22. The standard InChI is InChI=1S/C14H27N3O3/c1-3-16(2)11-8-15-14(20)17-9-6-12(7-10-17)4-5-13(18)19/h12H,3-11H2,1-2H3,(H,15,20)(H,18,19). The van der Waals surface area contributed by atoms with Crippen LogP contribution in [0.1, 0.15) is 32.6 Å². The Labute approximate surface area is 121 Å². The maximum absolute atomic E-state index is 11.9. The molecule has 0 aromatic carbocycles. The van der Waals surface area contributed by atoms with Gasteiger partial charge in [0.25, 0.3) is 0 Å². The van der Waals surface area contributed by atoms with Gasteiger partial charge in [-0.2, -0.15) is 0 Å². The van der Waals surface area contributed by atoms with E-state index in [9.17, 15) is 9.59 Å². The molecule has 6 nitrogen and oxygen atoms in total. The van der Waals surface area contributed by atoms with Crippen LogP contribution in [0.2, 0.25) is 0 Å². The van der Waals surface area contributed by atoms with Crippen LogP contribution in [0.5, 0.6) is 0 Å². The van der Waals surface area contributed by atoms with Crippen molar-refractivity contribution in [2.24, 2.45) is 5.92 Å². The van der Waals surface area contributed by atoms with Crippen molar-refractivity contribution < 1.29 is 14.7 Å². The second-order valence-corrected chi connectivity index (χ2v) is 5.49. The third kappa shape index (κ3) is 6.23. The Bertz CT molecular complexity index is 315. The Hall–Kier alpha value is -1.30. The lowest BCUT2D eigenvalue weighted by molar-refractivity contribution is -0.137. The van der Waals surface area contributed by atoms with E-state index in [-0.39, 0.29) is 12.5 Å². The molecule has 1 heterocycles. The van der Waals surface area contributed by atoms with Crippen molar-refractivity contribution in [2.45, 2.75) is 32.6 Å². The molecule has 1 saturated heterocycles. The highest BCUT2D eigenvalue weighted by Crippen LogP contribution is 2.21. The van der Waals surface area contributed by atoms with Crippen LogP contribution in [0.3, 0.4) is 0 Å². The van der Waals surface area contributed by atoms with Gasteiger partial charge in [0.2, 0.25) is 0 Å². The lowest BCUT2D eigenvalue weighted by Crippen LogP contribution is -2.46. The Kier molecular flexibility index (Phi) is 7.36. The van der Waals surface area contributed by atoms with Gasteiger partial charge in [0.05, 0.1) is 0 Å². The molecule has 1 fully saturated rings. The van der Waals surface area contributed by atoms with Gasteiger partial charge in [-0.05, 0) is 38.8 Å². The summed E-state index contributed by atoms with van der Waals surface area (Å²) in [5, 5.41) is 11.6. The van der Waals surface area contributed by atoms with Crippen LogP contribution in [0.25, 0.3) is 0 Å². The Morgan fingerprint density at radius 1 is 1.35 bits per heavy atom. The van der Waals surface area contributed by atoms with Crippen molar-refractivity contribution in [3.05, 3.63) is 0 Å². The maximum atomic E-state index is 11.9. The number of likely N-dealkylation sites (tertiary alicyclic amines) is 1. The predicted molar refractivity (Wildman–Crippen MR) is 77.7 cm³/mol. The fourth-order valence-electron chi connectivity index (χ4n) is 2.38. The minimum Gasteiger partial charge on any atom is -0.481 e. The van der Waals surface area contributed by atoms with Gasteiger partial charge in [-0.25, -0.2) is 4.79 Å². The van der Waals surface area contributed by atoms with E-state index in [0.717, 1.165) is 45.4 Å². The molecular weight excluding hydrogens is 258 g/mol. The van der Waals surface area contributed by atoms with Crippen molar-refractivity contribution in [3.8, 4) is 0 Å². The number of hydrogen-bond acceptors (Lipinski definition) is 3. The number of hydrogen-bond donors (Lipinski definition) is 2. The van der Waals surface area contributed by atoms with Gasteiger partial charge in [-0.1, -0.05) is 6.92 Å². The number of nitrogens with one attached hydrogen (secondary N) is 1. The molecule has 0 aliphatic carbocycles. The van der Waals surface area contributed by atoms with Crippen molar-refractivity contribution >= 4 is 12.0 Å². The number of nitrogens with zero attached hydrogens (tertiary/aromatic N) is 2. The fourth-order valence-corrected chi connectivity index (χ4v) is 2.38. The molecule has 0 saturated carbocycles. The number of carbonyl (C=O) groups is 2. The van der Waals surface area contributed by atoms with Gasteiger partial charge in [0, 0.05) is 32.6 Å². The van der Waals surface area contributed by atoms with E-state index in [0.29, 0.717) is 12.5 Å². The molecule has 116 valence electrons. The first-order chi connectivity index (χ1) is 9.52. The van der Waals surface area contributed by atoms with Crippen LogP contribution in [0, 0.1) is 5.92 Å². The van der Waals surface area contributed by atoms with E-state index in [1.54, 1.807) is 0 Å². The zero-order valence-electron chi connectivity index (χ0n) is 12.6. The summed E-state index contributed by atoms with van der Waals surface area (Å²) in [6, 6.07) is 0.00573. The summed E-state index contributed by atoms with van der Waals surface area (Å²) in [7, 11) is 2.03. The smallest absolute Gasteiger partial charge is 0.317 e. The number of piperidine rings is 1. The summed E-state index contributed by atoms with van der Waals surface area (Å²) in [5.74, 6) is -0.286. The second-order valence-electron chi connectivity index (χ2n) is 5.49. The van der Waals surface area contributed by atoms with E-state index in [1.807, 2.05) is 11.9 Å². The molecule has 2 amide bonds. The summed E-state index contributed by atoms with van der Waals surface area (Å²) in [4.78, 5) is 26.5. The minimum absolute atomic E-state index is 0.00573. The van der Waals surface area contributed by atoms with E-state index in [1.165, 1.54) is 0 Å². The molecule has 20 heavy (non-hydrogen) atoms. The number of likely N-dealkylation sites (N-methyl/N-ethyl adjacent to an activating group) is 1. The van der Waals surface area contributed by atoms with Gasteiger partial charge in [0.15, 0.2) is 0 Å². The zero-order valence-corrected chi connectivity index (χ0v) is 12.6. The normalized spacial score (nSPS) is 16.4. The van der Waals surface area contributed by atoms with Crippen LogP contribution >= 0.6 is 0 Å². The van der Waals surface area contributed by atoms with E-state index in [2.05, 4.69) is 17.1 Å². The topological polar surface area (TPSA) is 72.9 Å². The van der Waals surface area contributed by atoms with Gasteiger partial charge in [0.1, 0.15) is 0 Å². The minimum atomic E-state index is -0.731. The second kappa shape index (κ2) is 8.79. The van der Waals surface area contributed by atoms with E-state index < -0.39 is 5.97 Å². The van der Waals surface area contributed by atoms with Crippen LogP contribution < -0.4 is 5.32 Å². The first-order valence-corrected chi connectivity index (χ1v) is 7.46. The summed E-state index contributed by atoms with van der Waals surface area (Å²) in [6.07, 6.45) is 2.79. The van der Waals surface area contributed by atoms with Crippen LogP contribution in [0.15, 0.2) is 0 Å². The Morgan fingerprint density at radius 3 is 2.55 bits per heavy atom. The van der Waals surface area contributed by atoms with Crippen molar-refractivity contribution in [1.82, 2.24) is 15.1 Å². The van der Waals surface area contributed by atoms with Gasteiger partial charge < -0.3 is 20.2 Å². The number of amides is 2. The first kappa shape index (κ1) is 16.8.